The zero-order valence-electron chi connectivity index (χ0n) is 14.6. The van der Waals surface area contributed by atoms with Gasteiger partial charge in [0, 0.05) is 14.9 Å². The van der Waals surface area contributed by atoms with Gasteiger partial charge in [-0.3, -0.25) is 4.79 Å². The van der Waals surface area contributed by atoms with Crippen LogP contribution in [0.25, 0.3) is 10.2 Å². The fourth-order valence-corrected chi connectivity index (χ4v) is 5.31. The Morgan fingerprint density at radius 3 is 2.89 bits per heavy atom. The number of fused-ring (bicyclic) bond motifs is 4. The van der Waals surface area contributed by atoms with Gasteiger partial charge in [0.15, 0.2) is 11.5 Å². The van der Waals surface area contributed by atoms with Crippen LogP contribution in [0.3, 0.4) is 0 Å². The lowest BCUT2D eigenvalue weighted by atomic mass is 9.97. The predicted octanol–water partition coefficient (Wildman–Crippen LogP) is 4.02. The van der Waals surface area contributed by atoms with Crippen molar-refractivity contribution in [2.75, 3.05) is 6.79 Å². The number of nitrogens with zero attached hydrogens (tertiary/aromatic N) is 3. The molecule has 1 aliphatic carbocycles. The van der Waals surface area contributed by atoms with Gasteiger partial charge in [0.25, 0.3) is 5.56 Å². The third-order valence-corrected chi connectivity index (χ3v) is 6.81. The highest BCUT2D eigenvalue weighted by atomic mass is 79.9. The van der Waals surface area contributed by atoms with Gasteiger partial charge in [-0.15, -0.1) is 11.3 Å². The third kappa shape index (κ3) is 2.78. The summed E-state index contributed by atoms with van der Waals surface area (Å²) in [5.74, 6) is 1.95. The number of halogens is 1. The summed E-state index contributed by atoms with van der Waals surface area (Å²) >= 11 is 5.17. The molecule has 1 aromatic carbocycles. The van der Waals surface area contributed by atoms with Crippen molar-refractivity contribution in [1.82, 2.24) is 9.66 Å². The first-order valence-electron chi connectivity index (χ1n) is 8.79. The maximum atomic E-state index is 13.1. The Morgan fingerprint density at radius 2 is 2.04 bits per heavy atom. The molecule has 0 spiro atoms. The highest BCUT2D eigenvalue weighted by Gasteiger charge is 2.21. The van der Waals surface area contributed by atoms with E-state index in [0.717, 1.165) is 39.5 Å². The van der Waals surface area contributed by atoms with Crippen LogP contribution >= 0.6 is 27.3 Å². The average molecular weight is 446 g/mol. The standard InChI is InChI=1S/C19H16BrN3O3S/c1-10-22-18-17(12-4-2-3-5-16(12)27-18)19(24)23(10)21-8-11-6-14-15(7-13(11)20)26-9-25-14/h6-8H,2-5,9H2,1H3. The Morgan fingerprint density at radius 1 is 1.26 bits per heavy atom. The van der Waals surface area contributed by atoms with Gasteiger partial charge < -0.3 is 9.47 Å². The van der Waals surface area contributed by atoms with Crippen molar-refractivity contribution in [3.8, 4) is 11.5 Å². The number of rotatable bonds is 2. The highest BCUT2D eigenvalue weighted by molar-refractivity contribution is 9.10. The first-order valence-corrected chi connectivity index (χ1v) is 10.4. The topological polar surface area (TPSA) is 65.7 Å². The van der Waals surface area contributed by atoms with Crippen molar-refractivity contribution in [2.45, 2.75) is 32.6 Å². The van der Waals surface area contributed by atoms with Crippen LogP contribution in [0.15, 0.2) is 26.5 Å². The first kappa shape index (κ1) is 16.9. The summed E-state index contributed by atoms with van der Waals surface area (Å²) in [5, 5.41) is 5.17. The highest BCUT2D eigenvalue weighted by Crippen LogP contribution is 2.36. The van der Waals surface area contributed by atoms with Gasteiger partial charge in [-0.25, -0.2) is 4.98 Å². The minimum absolute atomic E-state index is 0.0926. The number of hydrogen-bond donors (Lipinski definition) is 0. The number of ether oxygens (including phenoxy) is 2. The van der Waals surface area contributed by atoms with Gasteiger partial charge in [-0.05, 0) is 66.2 Å². The molecule has 0 N–H and O–H groups in total. The molecule has 6 nitrogen and oxygen atoms in total. The van der Waals surface area contributed by atoms with Crippen molar-refractivity contribution in [3.63, 3.8) is 0 Å². The Hall–Kier alpha value is -2.19. The lowest BCUT2D eigenvalue weighted by molar-refractivity contribution is 0.174. The van der Waals surface area contributed by atoms with Crippen LogP contribution in [0, 0.1) is 6.92 Å². The van der Waals surface area contributed by atoms with Crippen LogP contribution in [0.2, 0.25) is 0 Å². The van der Waals surface area contributed by atoms with Gasteiger partial charge in [0.2, 0.25) is 6.79 Å². The molecule has 0 unspecified atom stereocenters. The van der Waals surface area contributed by atoms with Crippen LogP contribution in [0.1, 0.15) is 34.7 Å². The summed E-state index contributed by atoms with van der Waals surface area (Å²) in [6.45, 7) is 2.02. The second-order valence-corrected chi connectivity index (χ2v) is 8.58. The van der Waals surface area contributed by atoms with E-state index < -0.39 is 0 Å². The van der Waals surface area contributed by atoms with E-state index in [4.69, 9.17) is 9.47 Å². The second-order valence-electron chi connectivity index (χ2n) is 6.64. The van der Waals surface area contributed by atoms with Crippen LogP contribution in [0.5, 0.6) is 11.5 Å². The molecular weight excluding hydrogens is 430 g/mol. The molecule has 138 valence electrons. The fourth-order valence-electron chi connectivity index (χ4n) is 3.59. The molecule has 0 fully saturated rings. The molecule has 0 saturated carbocycles. The van der Waals surface area contributed by atoms with E-state index in [-0.39, 0.29) is 12.4 Å². The molecule has 1 aliphatic heterocycles. The molecule has 0 amide bonds. The Kier molecular flexibility index (Phi) is 4.05. The smallest absolute Gasteiger partial charge is 0.283 e. The molecule has 0 radical (unpaired) electrons. The van der Waals surface area contributed by atoms with Crippen LogP contribution in [-0.2, 0) is 12.8 Å². The quantitative estimate of drug-likeness (QED) is 0.558. The molecule has 0 bridgehead atoms. The predicted molar refractivity (Wildman–Crippen MR) is 109 cm³/mol. The van der Waals surface area contributed by atoms with Crippen LogP contribution in [-0.4, -0.2) is 22.7 Å². The van der Waals surface area contributed by atoms with Crippen molar-refractivity contribution >= 4 is 43.7 Å². The zero-order valence-corrected chi connectivity index (χ0v) is 17.0. The lowest BCUT2D eigenvalue weighted by Gasteiger charge is -2.10. The van der Waals surface area contributed by atoms with Crippen LogP contribution in [0.4, 0.5) is 0 Å². The minimum Gasteiger partial charge on any atom is -0.454 e. The van der Waals surface area contributed by atoms with E-state index in [1.807, 2.05) is 19.1 Å². The molecule has 2 aromatic heterocycles. The number of aryl methyl sites for hydroxylation is 3. The Labute approximate surface area is 167 Å². The second kappa shape index (κ2) is 6.45. The first-order chi connectivity index (χ1) is 13.1. The van der Waals surface area contributed by atoms with E-state index in [9.17, 15) is 4.79 Å². The molecule has 2 aliphatic rings. The van der Waals surface area contributed by atoms with Gasteiger partial charge >= 0.3 is 0 Å². The molecule has 3 aromatic rings. The summed E-state index contributed by atoms with van der Waals surface area (Å²) in [6.07, 6.45) is 5.95. The van der Waals surface area contributed by atoms with Gasteiger partial charge in [0.05, 0.1) is 11.6 Å². The van der Waals surface area contributed by atoms with E-state index >= 15 is 0 Å². The molecule has 5 rings (SSSR count). The zero-order chi connectivity index (χ0) is 18.5. The summed E-state index contributed by atoms with van der Waals surface area (Å²) < 4.78 is 13.0. The molecular formula is C19H16BrN3O3S. The summed E-state index contributed by atoms with van der Waals surface area (Å²) in [6, 6.07) is 3.69. The molecule has 0 saturated heterocycles. The van der Waals surface area contributed by atoms with Crippen molar-refractivity contribution in [3.05, 3.63) is 48.8 Å². The maximum absolute atomic E-state index is 13.1. The Balaban J connectivity index is 1.61. The Bertz CT molecular complexity index is 1170. The molecule has 8 heteroatoms. The molecule has 27 heavy (non-hydrogen) atoms. The summed E-state index contributed by atoms with van der Waals surface area (Å²) in [4.78, 5) is 19.9. The molecule has 3 heterocycles. The van der Waals surface area contributed by atoms with Gasteiger partial charge in [-0.2, -0.15) is 9.78 Å². The van der Waals surface area contributed by atoms with E-state index in [1.54, 1.807) is 17.6 Å². The van der Waals surface area contributed by atoms with E-state index in [2.05, 4.69) is 26.0 Å². The number of hydrogen-bond acceptors (Lipinski definition) is 6. The lowest BCUT2D eigenvalue weighted by Crippen LogP contribution is -2.21. The number of benzene rings is 1. The van der Waals surface area contributed by atoms with Crippen molar-refractivity contribution < 1.29 is 9.47 Å². The maximum Gasteiger partial charge on any atom is 0.283 e. The van der Waals surface area contributed by atoms with Gasteiger partial charge in [0.1, 0.15) is 10.7 Å². The van der Waals surface area contributed by atoms with Crippen molar-refractivity contribution in [2.24, 2.45) is 5.10 Å². The van der Waals surface area contributed by atoms with Crippen LogP contribution < -0.4 is 15.0 Å². The molecule has 0 atom stereocenters. The third-order valence-electron chi connectivity index (χ3n) is 4.93. The largest absolute Gasteiger partial charge is 0.454 e. The number of thiophene rings is 1. The van der Waals surface area contributed by atoms with E-state index in [0.29, 0.717) is 17.3 Å². The summed E-state index contributed by atoms with van der Waals surface area (Å²) in [7, 11) is 0. The monoisotopic (exact) mass is 445 g/mol. The van der Waals surface area contributed by atoms with Gasteiger partial charge in [-0.1, -0.05) is 0 Å². The summed E-state index contributed by atoms with van der Waals surface area (Å²) in [5.41, 5.74) is 1.88. The minimum atomic E-state index is -0.0926. The fraction of sp³-hybridized carbons (Fsp3) is 0.316. The number of aromatic nitrogens is 2. The SMILES string of the molecule is Cc1nc2sc3c(c2c(=O)n1N=Cc1cc2c(cc1Br)OCO2)CCCC3. The normalized spacial score (nSPS) is 15.6. The van der Waals surface area contributed by atoms with Crippen molar-refractivity contribution in [1.29, 1.82) is 0 Å². The van der Waals surface area contributed by atoms with E-state index in [1.165, 1.54) is 21.5 Å². The average Bonchev–Trinajstić information content (AvgIpc) is 3.24.